The van der Waals surface area contributed by atoms with Crippen molar-refractivity contribution in [1.82, 2.24) is 14.0 Å². The number of thiocarbonyl (C=S) groups is 1. The molecule has 2 atom stereocenters. The Bertz CT molecular complexity index is 3260. The number of carboxylic acids is 1. The summed E-state index contributed by atoms with van der Waals surface area (Å²) >= 11 is 9.31. The van der Waals surface area contributed by atoms with Crippen LogP contribution in [0.25, 0.3) is 22.6 Å². The smallest absolute Gasteiger partial charge is 0.323 e. The highest BCUT2D eigenvalue weighted by Crippen LogP contribution is 2.52. The van der Waals surface area contributed by atoms with E-state index in [0.29, 0.717) is 43.5 Å². The van der Waals surface area contributed by atoms with E-state index in [1.807, 2.05) is 24.3 Å². The van der Waals surface area contributed by atoms with Crippen LogP contribution in [0.15, 0.2) is 113 Å². The number of carbonyl (C=O) groups is 2. The lowest BCUT2D eigenvalue weighted by Gasteiger charge is -2.27. The molecule has 3 aliphatic rings. The molecule has 9 nitrogen and oxygen atoms in total. The molecular weight excluding hydrogens is 973 g/mol. The maximum atomic E-state index is 14.7. The van der Waals surface area contributed by atoms with Gasteiger partial charge >= 0.3 is 5.97 Å². The van der Waals surface area contributed by atoms with Gasteiger partial charge in [0.25, 0.3) is 17.0 Å². The Hall–Kier alpha value is -5.60. The van der Waals surface area contributed by atoms with Crippen molar-refractivity contribution in [2.45, 2.75) is 135 Å². The van der Waals surface area contributed by atoms with E-state index < -0.39 is 18.1 Å². The van der Waals surface area contributed by atoms with Gasteiger partial charge in [0, 0.05) is 36.4 Å². The average Bonchev–Trinajstić information content (AvgIpc) is 4.20. The molecule has 13 heteroatoms. The molecule has 2 fully saturated rings. The molecule has 2 aromatic heterocycles. The van der Waals surface area contributed by atoms with Crippen LogP contribution in [0.1, 0.15) is 144 Å². The number of nitrogens with zero attached hydrogens (tertiary/aromatic N) is 4. The van der Waals surface area contributed by atoms with Crippen molar-refractivity contribution in [2.24, 2.45) is 0 Å². The number of carbonyl (C=O) groups excluding carboxylic acids is 1. The monoisotopic (exact) mass is 1040 g/mol. The van der Waals surface area contributed by atoms with Crippen LogP contribution in [-0.4, -0.2) is 47.9 Å². The number of aromatic nitrogens is 2. The summed E-state index contributed by atoms with van der Waals surface area (Å²) in [6.45, 7) is 4.72. The number of anilines is 2. The molecule has 1 saturated heterocycles. The molecule has 9 rings (SSSR count). The van der Waals surface area contributed by atoms with Gasteiger partial charge in [-0.15, -0.1) is 22.7 Å². The Kier molecular flexibility index (Phi) is 17.1. The SMILES string of the molecule is CCCCCCCCN1C(=O)/C(=c2/s/c(=c3\s/c(=C/c4ccc5c(c4)C4CCCC4N5c4ccc(C=C(c5ccccc5)c5ccccc5)cc4)c(=O)n3CC(=O)O)c(=O)n2CCCCCCCC)SC1=S. The van der Waals surface area contributed by atoms with Gasteiger partial charge in [0.15, 0.2) is 0 Å². The van der Waals surface area contributed by atoms with Crippen molar-refractivity contribution >= 4 is 96.9 Å². The maximum Gasteiger partial charge on any atom is 0.323 e. The van der Waals surface area contributed by atoms with Crippen LogP contribution in [0.2, 0.25) is 0 Å². The number of carboxylic acid groups (broad SMARTS) is 1. The van der Waals surface area contributed by atoms with Gasteiger partial charge in [0.1, 0.15) is 29.6 Å². The topological polar surface area (TPSA) is 105 Å². The van der Waals surface area contributed by atoms with Gasteiger partial charge in [-0.1, -0.05) is 187 Å². The number of hydrogen-bond donors (Lipinski definition) is 1. The van der Waals surface area contributed by atoms with Crippen LogP contribution in [0.5, 0.6) is 0 Å². The largest absolute Gasteiger partial charge is 0.480 e. The number of hydrogen-bond acceptors (Lipinski definition) is 9. The predicted molar refractivity (Wildman–Crippen MR) is 303 cm³/mol. The third-order valence-electron chi connectivity index (χ3n) is 14.3. The van der Waals surface area contributed by atoms with Crippen molar-refractivity contribution in [3.05, 3.63) is 170 Å². The molecule has 0 bridgehead atoms. The first kappa shape index (κ1) is 51.3. The Balaban J connectivity index is 1.07. The summed E-state index contributed by atoms with van der Waals surface area (Å²) in [6, 6.07) is 36.5. The van der Waals surface area contributed by atoms with Gasteiger partial charge in [-0.25, -0.2) is 0 Å². The molecule has 4 heterocycles. The third kappa shape index (κ3) is 11.3. The van der Waals surface area contributed by atoms with E-state index in [4.69, 9.17) is 12.2 Å². The number of amides is 1. The van der Waals surface area contributed by atoms with E-state index in [0.717, 1.165) is 128 Å². The molecule has 2 aliphatic heterocycles. The maximum absolute atomic E-state index is 14.7. The van der Waals surface area contributed by atoms with Crippen LogP contribution in [0, 0.1) is 9.20 Å². The fraction of sp³-hybridized carbons (Fsp3) is 0.373. The van der Waals surface area contributed by atoms with Crippen molar-refractivity contribution in [2.75, 3.05) is 11.4 Å². The summed E-state index contributed by atoms with van der Waals surface area (Å²) in [5.74, 6) is -1.05. The second kappa shape index (κ2) is 24.0. The highest BCUT2D eigenvalue weighted by atomic mass is 32.2. The van der Waals surface area contributed by atoms with Crippen LogP contribution in [0.4, 0.5) is 11.4 Å². The number of benzene rings is 4. The van der Waals surface area contributed by atoms with Crippen molar-refractivity contribution in [1.29, 1.82) is 0 Å². The third-order valence-corrected chi connectivity index (χ3v) is 18.3. The van der Waals surface area contributed by atoms with Crippen molar-refractivity contribution in [3.63, 3.8) is 0 Å². The fourth-order valence-electron chi connectivity index (χ4n) is 10.6. The van der Waals surface area contributed by atoms with Gasteiger partial charge < -0.3 is 10.0 Å². The lowest BCUT2D eigenvalue weighted by Crippen LogP contribution is -2.32. The van der Waals surface area contributed by atoms with E-state index >= 15 is 0 Å². The highest BCUT2D eigenvalue weighted by molar-refractivity contribution is 8.30. The molecule has 6 aromatic rings. The first-order valence-electron chi connectivity index (χ1n) is 26.0. The minimum absolute atomic E-state index is 0.198. The quantitative estimate of drug-likeness (QED) is 0.0432. The number of fused-ring (bicyclic) bond motifs is 3. The molecule has 0 radical (unpaired) electrons. The van der Waals surface area contributed by atoms with Crippen LogP contribution in [-0.2, 0) is 22.7 Å². The molecule has 2 unspecified atom stereocenters. The van der Waals surface area contributed by atoms with E-state index in [1.165, 1.54) is 52.5 Å². The lowest BCUT2D eigenvalue weighted by molar-refractivity contribution is -0.137. The molecule has 72 heavy (non-hydrogen) atoms. The van der Waals surface area contributed by atoms with E-state index in [-0.39, 0.29) is 20.7 Å². The summed E-state index contributed by atoms with van der Waals surface area (Å²) in [5, 5.41) is 10.1. The van der Waals surface area contributed by atoms with Crippen LogP contribution >= 0.6 is 46.7 Å². The zero-order chi connectivity index (χ0) is 50.1. The molecule has 374 valence electrons. The number of rotatable bonds is 21. The predicted octanol–water partition coefficient (Wildman–Crippen LogP) is 12.4. The van der Waals surface area contributed by atoms with Gasteiger partial charge in [0.2, 0.25) is 0 Å². The normalized spacial score (nSPS) is 17.8. The molecule has 1 saturated carbocycles. The fourth-order valence-corrected chi connectivity index (χ4v) is 14.5. The van der Waals surface area contributed by atoms with Crippen LogP contribution in [0.3, 0.4) is 0 Å². The highest BCUT2D eigenvalue weighted by Gasteiger charge is 2.42. The zero-order valence-corrected chi connectivity index (χ0v) is 44.6. The average molecular weight is 1040 g/mol. The van der Waals surface area contributed by atoms with Gasteiger partial charge in [-0.05, 0) is 95.5 Å². The van der Waals surface area contributed by atoms with Crippen molar-refractivity contribution < 1.29 is 14.7 Å². The molecule has 0 spiro atoms. The Morgan fingerprint density at radius 3 is 1.97 bits per heavy atom. The van der Waals surface area contributed by atoms with E-state index in [9.17, 15) is 24.3 Å². The Morgan fingerprint density at radius 2 is 1.32 bits per heavy atom. The van der Waals surface area contributed by atoms with Crippen LogP contribution < -0.4 is 25.2 Å². The number of thiazole rings is 2. The summed E-state index contributed by atoms with van der Waals surface area (Å²) in [6.07, 6.45) is 20.0. The number of thioether (sulfide) groups is 1. The molecule has 1 N–H and O–H groups in total. The molecule has 1 aliphatic carbocycles. The van der Waals surface area contributed by atoms with E-state index in [2.05, 4.69) is 110 Å². The summed E-state index contributed by atoms with van der Waals surface area (Å²) in [5.41, 5.74) is 8.22. The van der Waals surface area contributed by atoms with Gasteiger partial charge in [-0.3, -0.25) is 33.2 Å². The number of aliphatic carboxylic acids is 1. The summed E-state index contributed by atoms with van der Waals surface area (Å²) in [7, 11) is 0. The minimum atomic E-state index is -1.18. The van der Waals surface area contributed by atoms with E-state index in [1.54, 1.807) is 9.47 Å². The van der Waals surface area contributed by atoms with Gasteiger partial charge in [0.05, 0.1) is 4.53 Å². The number of unbranched alkanes of at least 4 members (excludes halogenated alkanes) is 10. The second-order valence-electron chi connectivity index (χ2n) is 19.3. The Morgan fingerprint density at radius 1 is 0.694 bits per heavy atom. The lowest BCUT2D eigenvalue weighted by atomic mass is 9.95. The standard InChI is InChI=1S/C59H64N4O5S4/c1-3-5-7-9-11-19-34-60-55(67)52(71-57(60)53-56(68)61(59(69)72-53)35-20-12-10-8-6-4-2)58-62(39-51(64)65)54(66)50(70-58)38-41-30-33-49-47(37-41)45-26-21-27-48(45)63(49)44-31-28-40(29-32-44)36-46(42-22-15-13-16-23-42)43-24-17-14-18-25-43/h13-18,22-25,28-33,36-38,45,48H,3-12,19-21,26-27,34-35,39H2,1-2H3,(H,64,65)/b50-38+,57-53-,58-52-. The zero-order valence-electron chi connectivity index (χ0n) is 41.4. The molecular formula is C59H64N4O5S4. The van der Waals surface area contributed by atoms with Crippen molar-refractivity contribution in [3.8, 4) is 0 Å². The first-order chi connectivity index (χ1) is 35.1. The van der Waals surface area contributed by atoms with Gasteiger partial charge in [-0.2, -0.15) is 0 Å². The molecule has 1 amide bonds. The summed E-state index contributed by atoms with van der Waals surface area (Å²) in [4.78, 5) is 60.2. The summed E-state index contributed by atoms with van der Waals surface area (Å²) < 4.78 is 4.79. The second-order valence-corrected chi connectivity index (χ2v) is 22.9. The minimum Gasteiger partial charge on any atom is -0.480 e. The molecule has 4 aromatic carbocycles. The first-order valence-corrected chi connectivity index (χ1v) is 28.8. The Labute approximate surface area is 439 Å².